The van der Waals surface area contributed by atoms with E-state index in [0.717, 1.165) is 21.6 Å². The summed E-state index contributed by atoms with van der Waals surface area (Å²) in [7, 11) is 3.25. The highest BCUT2D eigenvalue weighted by molar-refractivity contribution is 9.10. The Hall–Kier alpha value is -1.66. The van der Waals surface area contributed by atoms with E-state index in [4.69, 9.17) is 9.47 Å². The van der Waals surface area contributed by atoms with Crippen LogP contribution in [0.5, 0.6) is 11.5 Å². The van der Waals surface area contributed by atoms with Gasteiger partial charge in [0.15, 0.2) is 11.5 Å². The monoisotopic (exact) mass is 351 g/mol. The van der Waals surface area contributed by atoms with E-state index in [1.807, 2.05) is 25.1 Å². The van der Waals surface area contributed by atoms with Gasteiger partial charge in [0.05, 0.1) is 24.4 Å². The first-order valence-corrected chi connectivity index (χ1v) is 7.33. The maximum Gasteiger partial charge on any atom is 0.174 e. The number of nitrogens with one attached hydrogen (secondary N) is 1. The van der Waals surface area contributed by atoms with Gasteiger partial charge < -0.3 is 14.8 Å². The van der Waals surface area contributed by atoms with Crippen LogP contribution in [0.2, 0.25) is 0 Å². The Bertz CT molecular complexity index is 620. The van der Waals surface area contributed by atoms with Gasteiger partial charge >= 0.3 is 0 Å². The van der Waals surface area contributed by atoms with Gasteiger partial charge in [-0.2, -0.15) is 0 Å². The molecule has 0 atom stereocenters. The molecule has 0 fully saturated rings. The first kappa shape index (κ1) is 15.7. The average molecular weight is 352 g/mol. The van der Waals surface area contributed by atoms with E-state index >= 15 is 0 Å². The van der Waals surface area contributed by atoms with Crippen LogP contribution < -0.4 is 14.8 Å². The first-order valence-electron chi connectivity index (χ1n) is 6.53. The van der Waals surface area contributed by atoms with Crippen LogP contribution in [0.4, 0.5) is 0 Å². The lowest BCUT2D eigenvalue weighted by Crippen LogP contribution is -2.14. The highest BCUT2D eigenvalue weighted by Gasteiger charge is 2.10. The van der Waals surface area contributed by atoms with E-state index in [1.165, 1.54) is 0 Å². The van der Waals surface area contributed by atoms with E-state index in [0.29, 0.717) is 24.6 Å². The summed E-state index contributed by atoms with van der Waals surface area (Å²) in [5, 5.41) is 3.35. The van der Waals surface area contributed by atoms with E-state index < -0.39 is 0 Å². The van der Waals surface area contributed by atoms with E-state index in [9.17, 15) is 0 Å². The van der Waals surface area contributed by atoms with Crippen molar-refractivity contribution in [3.05, 3.63) is 46.0 Å². The molecule has 0 aliphatic rings. The molecule has 0 aliphatic heterocycles. The van der Waals surface area contributed by atoms with Crippen LogP contribution in [-0.4, -0.2) is 24.2 Å². The molecule has 2 aromatic rings. The summed E-state index contributed by atoms with van der Waals surface area (Å²) in [4.78, 5) is 8.44. The van der Waals surface area contributed by atoms with Gasteiger partial charge in [0, 0.05) is 19.3 Å². The molecule has 0 radical (unpaired) electrons. The molecule has 5 nitrogen and oxygen atoms in total. The summed E-state index contributed by atoms with van der Waals surface area (Å²) in [6, 6.07) is 5.88. The molecule has 0 bridgehead atoms. The van der Waals surface area contributed by atoms with Gasteiger partial charge in [-0.15, -0.1) is 0 Å². The van der Waals surface area contributed by atoms with Gasteiger partial charge in [-0.1, -0.05) is 0 Å². The van der Waals surface area contributed by atoms with E-state index in [2.05, 4.69) is 31.2 Å². The van der Waals surface area contributed by atoms with Crippen molar-refractivity contribution in [3.8, 4) is 11.5 Å². The van der Waals surface area contributed by atoms with Crippen molar-refractivity contribution in [2.24, 2.45) is 0 Å². The minimum atomic E-state index is 0.690. The molecule has 1 N–H and O–H groups in total. The Kier molecular flexibility index (Phi) is 5.52. The standard InChI is InChI=1S/C15H18BrN3O2/c1-10-18-5-4-12(19-10)9-17-8-11-6-13(16)15(21-3)14(7-11)20-2/h4-7,17H,8-9H2,1-3H3. The molecule has 21 heavy (non-hydrogen) atoms. The van der Waals surface area contributed by atoms with Crippen LogP contribution in [-0.2, 0) is 13.1 Å². The Morgan fingerprint density at radius 2 is 2.00 bits per heavy atom. The zero-order valence-electron chi connectivity index (χ0n) is 12.3. The zero-order valence-corrected chi connectivity index (χ0v) is 13.9. The minimum Gasteiger partial charge on any atom is -0.493 e. The number of nitrogens with zero attached hydrogens (tertiary/aromatic N) is 2. The molecule has 6 heteroatoms. The van der Waals surface area contributed by atoms with E-state index in [1.54, 1.807) is 20.4 Å². The van der Waals surface area contributed by atoms with E-state index in [-0.39, 0.29) is 0 Å². The summed E-state index contributed by atoms with van der Waals surface area (Å²) in [5.74, 6) is 2.19. The van der Waals surface area contributed by atoms with Crippen molar-refractivity contribution in [1.82, 2.24) is 15.3 Å². The summed E-state index contributed by atoms with van der Waals surface area (Å²) in [6.45, 7) is 3.28. The normalized spacial score (nSPS) is 10.5. The van der Waals surface area contributed by atoms with Crippen LogP contribution in [0.15, 0.2) is 28.9 Å². The van der Waals surface area contributed by atoms with Crippen LogP contribution in [0.25, 0.3) is 0 Å². The molecule has 0 aliphatic carbocycles. The number of hydrogen-bond donors (Lipinski definition) is 1. The molecule has 1 aromatic heterocycles. The average Bonchev–Trinajstić information content (AvgIpc) is 2.46. The summed E-state index contributed by atoms with van der Waals surface area (Å²) in [6.07, 6.45) is 1.77. The second-order valence-electron chi connectivity index (χ2n) is 4.51. The topological polar surface area (TPSA) is 56.3 Å². The highest BCUT2D eigenvalue weighted by Crippen LogP contribution is 2.36. The van der Waals surface area contributed by atoms with Gasteiger partial charge in [0.1, 0.15) is 5.82 Å². The summed E-state index contributed by atoms with van der Waals surface area (Å²) >= 11 is 3.49. The van der Waals surface area contributed by atoms with Gasteiger partial charge in [0.2, 0.25) is 0 Å². The molecule has 0 spiro atoms. The second-order valence-corrected chi connectivity index (χ2v) is 5.37. The Morgan fingerprint density at radius 3 is 2.67 bits per heavy atom. The fourth-order valence-corrected chi connectivity index (χ4v) is 2.66. The molecule has 112 valence electrons. The van der Waals surface area contributed by atoms with Gasteiger partial charge in [-0.3, -0.25) is 0 Å². The number of methoxy groups -OCH3 is 2. The quantitative estimate of drug-likeness (QED) is 0.867. The smallest absolute Gasteiger partial charge is 0.174 e. The Morgan fingerprint density at radius 1 is 1.19 bits per heavy atom. The third kappa shape index (κ3) is 4.15. The molecule has 1 heterocycles. The number of benzene rings is 1. The molecule has 0 unspecified atom stereocenters. The minimum absolute atomic E-state index is 0.690. The highest BCUT2D eigenvalue weighted by atomic mass is 79.9. The molecule has 0 saturated heterocycles. The molecular formula is C15H18BrN3O2. The van der Waals surface area contributed by atoms with Crippen LogP contribution in [0.3, 0.4) is 0 Å². The number of ether oxygens (including phenoxy) is 2. The number of aromatic nitrogens is 2. The number of rotatable bonds is 6. The maximum atomic E-state index is 5.33. The number of hydrogen-bond acceptors (Lipinski definition) is 5. The van der Waals surface area contributed by atoms with Gasteiger partial charge in [0.25, 0.3) is 0 Å². The number of halogens is 1. The van der Waals surface area contributed by atoms with Crippen molar-refractivity contribution in [3.63, 3.8) is 0 Å². The Labute approximate surface area is 132 Å². The Balaban J connectivity index is 2.02. The summed E-state index contributed by atoms with van der Waals surface area (Å²) in [5.41, 5.74) is 2.08. The van der Waals surface area contributed by atoms with Crippen LogP contribution in [0.1, 0.15) is 17.1 Å². The predicted molar refractivity (Wildman–Crippen MR) is 84.6 cm³/mol. The first-order chi connectivity index (χ1) is 10.1. The molecular weight excluding hydrogens is 334 g/mol. The summed E-state index contributed by atoms with van der Waals surface area (Å²) < 4.78 is 11.5. The lowest BCUT2D eigenvalue weighted by molar-refractivity contribution is 0.352. The lowest BCUT2D eigenvalue weighted by atomic mass is 10.2. The predicted octanol–water partition coefficient (Wildman–Crippen LogP) is 2.85. The molecule has 1 aromatic carbocycles. The van der Waals surface area contributed by atoms with Crippen LogP contribution in [0, 0.1) is 6.92 Å². The van der Waals surface area contributed by atoms with Crippen molar-refractivity contribution in [2.75, 3.05) is 14.2 Å². The SMILES string of the molecule is COc1cc(CNCc2ccnc(C)n2)cc(Br)c1OC. The number of aryl methyl sites for hydroxylation is 1. The lowest BCUT2D eigenvalue weighted by Gasteiger charge is -2.12. The van der Waals surface area contributed by atoms with Gasteiger partial charge in [-0.25, -0.2) is 9.97 Å². The zero-order chi connectivity index (χ0) is 15.2. The van der Waals surface area contributed by atoms with Crippen molar-refractivity contribution >= 4 is 15.9 Å². The third-order valence-corrected chi connectivity index (χ3v) is 3.55. The fraction of sp³-hybridized carbons (Fsp3) is 0.333. The molecule has 0 saturated carbocycles. The van der Waals surface area contributed by atoms with Crippen molar-refractivity contribution < 1.29 is 9.47 Å². The van der Waals surface area contributed by atoms with Crippen LogP contribution >= 0.6 is 15.9 Å². The van der Waals surface area contributed by atoms with Gasteiger partial charge in [-0.05, 0) is 46.6 Å². The molecule has 0 amide bonds. The maximum absolute atomic E-state index is 5.33. The second kappa shape index (κ2) is 7.38. The fourth-order valence-electron chi connectivity index (χ4n) is 2.01. The largest absolute Gasteiger partial charge is 0.493 e. The third-order valence-electron chi connectivity index (χ3n) is 2.96. The van der Waals surface area contributed by atoms with Crippen molar-refractivity contribution in [1.29, 1.82) is 0 Å². The molecule has 2 rings (SSSR count). The van der Waals surface area contributed by atoms with Crippen molar-refractivity contribution in [2.45, 2.75) is 20.0 Å².